The number of halogens is 3. The molecule has 1 heterocycles. The van der Waals surface area contributed by atoms with Gasteiger partial charge >= 0.3 is 6.18 Å². The summed E-state index contributed by atoms with van der Waals surface area (Å²) in [6.45, 7) is 0. The molecule has 0 atom stereocenters. The Bertz CT molecular complexity index is 570. The molecule has 2 aromatic rings. The van der Waals surface area contributed by atoms with Crippen LogP contribution in [0.25, 0.3) is 11.3 Å². The van der Waals surface area contributed by atoms with Gasteiger partial charge in [-0.1, -0.05) is 12.1 Å². The van der Waals surface area contributed by atoms with Gasteiger partial charge in [-0.3, -0.25) is 9.48 Å². The van der Waals surface area contributed by atoms with E-state index in [-0.39, 0.29) is 5.69 Å². The summed E-state index contributed by atoms with van der Waals surface area (Å²) in [5.41, 5.74) is 0.702. The average molecular weight is 254 g/mol. The first kappa shape index (κ1) is 12.3. The maximum atomic E-state index is 12.4. The third-order valence-corrected chi connectivity index (χ3v) is 2.53. The van der Waals surface area contributed by atoms with Crippen molar-refractivity contribution in [3.8, 4) is 11.3 Å². The van der Waals surface area contributed by atoms with Crippen molar-refractivity contribution in [2.75, 3.05) is 0 Å². The number of carbonyl (C=O) groups is 1. The van der Waals surface area contributed by atoms with E-state index in [1.54, 1.807) is 7.05 Å². The highest BCUT2D eigenvalue weighted by molar-refractivity contribution is 5.75. The summed E-state index contributed by atoms with van der Waals surface area (Å²) in [4.78, 5) is 10.6. The van der Waals surface area contributed by atoms with E-state index in [0.29, 0.717) is 17.5 Å². The number of aryl methyl sites for hydroxylation is 1. The summed E-state index contributed by atoms with van der Waals surface area (Å²) >= 11 is 0. The van der Waals surface area contributed by atoms with Gasteiger partial charge in [0.25, 0.3) is 0 Å². The summed E-state index contributed by atoms with van der Waals surface area (Å²) in [5, 5.41) is 3.90. The molecule has 0 fully saturated rings. The minimum atomic E-state index is -4.35. The Morgan fingerprint density at radius 1 is 1.22 bits per heavy atom. The number of aromatic nitrogens is 2. The molecule has 0 bridgehead atoms. The van der Waals surface area contributed by atoms with Gasteiger partial charge in [-0.05, 0) is 23.8 Å². The molecule has 1 aromatic carbocycles. The fourth-order valence-corrected chi connectivity index (χ4v) is 1.65. The zero-order valence-corrected chi connectivity index (χ0v) is 9.40. The lowest BCUT2D eigenvalue weighted by molar-refractivity contribution is -0.137. The molecular weight excluding hydrogens is 245 g/mol. The largest absolute Gasteiger partial charge is 0.416 e. The van der Waals surface area contributed by atoms with Gasteiger partial charge < -0.3 is 0 Å². The van der Waals surface area contributed by atoms with E-state index >= 15 is 0 Å². The van der Waals surface area contributed by atoms with Crippen molar-refractivity contribution in [1.29, 1.82) is 0 Å². The Balaban J connectivity index is 2.40. The minimum Gasteiger partial charge on any atom is -0.296 e. The van der Waals surface area contributed by atoms with E-state index in [2.05, 4.69) is 5.10 Å². The topological polar surface area (TPSA) is 34.9 Å². The average Bonchev–Trinajstić information content (AvgIpc) is 2.70. The number of hydrogen-bond acceptors (Lipinski definition) is 2. The Morgan fingerprint density at radius 3 is 2.28 bits per heavy atom. The van der Waals surface area contributed by atoms with E-state index in [0.717, 1.165) is 12.1 Å². The molecule has 1 aromatic heterocycles. The highest BCUT2D eigenvalue weighted by atomic mass is 19.4. The predicted molar refractivity (Wildman–Crippen MR) is 59.0 cm³/mol. The highest BCUT2D eigenvalue weighted by Gasteiger charge is 2.30. The molecule has 3 nitrogen and oxygen atoms in total. The third-order valence-electron chi connectivity index (χ3n) is 2.53. The van der Waals surface area contributed by atoms with Crippen molar-refractivity contribution in [2.24, 2.45) is 7.05 Å². The van der Waals surface area contributed by atoms with Gasteiger partial charge in [-0.25, -0.2) is 0 Å². The van der Waals surface area contributed by atoms with Crippen LogP contribution in [-0.2, 0) is 13.2 Å². The van der Waals surface area contributed by atoms with Crippen LogP contribution in [0.1, 0.15) is 16.1 Å². The van der Waals surface area contributed by atoms with Crippen LogP contribution in [-0.4, -0.2) is 16.1 Å². The molecule has 0 aliphatic rings. The van der Waals surface area contributed by atoms with Crippen LogP contribution >= 0.6 is 0 Å². The van der Waals surface area contributed by atoms with Crippen LogP contribution < -0.4 is 0 Å². The smallest absolute Gasteiger partial charge is 0.296 e. The number of aldehydes is 1. The molecule has 0 spiro atoms. The Labute approximate surface area is 101 Å². The SMILES string of the molecule is Cn1nc(C=O)cc1-c1ccc(C(F)(F)F)cc1. The first-order chi connectivity index (χ1) is 8.41. The number of alkyl halides is 3. The third kappa shape index (κ3) is 2.27. The standard InChI is InChI=1S/C12H9F3N2O/c1-17-11(6-10(7-18)16-17)8-2-4-9(5-3-8)12(13,14)15/h2-7H,1H3. The molecule has 0 aliphatic carbocycles. The summed E-state index contributed by atoms with van der Waals surface area (Å²) in [7, 11) is 1.63. The van der Waals surface area contributed by atoms with Crippen molar-refractivity contribution in [2.45, 2.75) is 6.18 Å². The second-order valence-corrected chi connectivity index (χ2v) is 3.77. The van der Waals surface area contributed by atoms with Gasteiger partial charge in [0, 0.05) is 7.05 Å². The van der Waals surface area contributed by atoms with E-state index in [1.165, 1.54) is 22.9 Å². The first-order valence-electron chi connectivity index (χ1n) is 5.08. The lowest BCUT2D eigenvalue weighted by atomic mass is 10.1. The zero-order valence-electron chi connectivity index (χ0n) is 9.40. The fraction of sp³-hybridized carbons (Fsp3) is 0.167. The summed E-state index contributed by atoms with van der Waals surface area (Å²) in [5.74, 6) is 0. The predicted octanol–water partition coefficient (Wildman–Crippen LogP) is 2.92. The van der Waals surface area contributed by atoms with Crippen LogP contribution in [0.4, 0.5) is 13.2 Å². The summed E-state index contributed by atoms with van der Waals surface area (Å²) in [6.07, 6.45) is -3.76. The summed E-state index contributed by atoms with van der Waals surface area (Å²) < 4.78 is 38.6. The molecule has 0 saturated heterocycles. The quantitative estimate of drug-likeness (QED) is 0.772. The molecule has 2 rings (SSSR count). The van der Waals surface area contributed by atoms with Crippen molar-refractivity contribution in [3.05, 3.63) is 41.6 Å². The molecule has 18 heavy (non-hydrogen) atoms. The van der Waals surface area contributed by atoms with Crippen molar-refractivity contribution in [1.82, 2.24) is 9.78 Å². The Morgan fingerprint density at radius 2 is 1.83 bits per heavy atom. The van der Waals surface area contributed by atoms with E-state index < -0.39 is 11.7 Å². The van der Waals surface area contributed by atoms with Gasteiger partial charge in [-0.15, -0.1) is 0 Å². The van der Waals surface area contributed by atoms with E-state index in [9.17, 15) is 18.0 Å². The number of nitrogens with zero attached hydrogens (tertiary/aromatic N) is 2. The Hall–Kier alpha value is -2.11. The van der Waals surface area contributed by atoms with Gasteiger partial charge in [-0.2, -0.15) is 18.3 Å². The molecule has 0 radical (unpaired) electrons. The summed E-state index contributed by atoms with van der Waals surface area (Å²) in [6, 6.07) is 6.24. The number of carbonyl (C=O) groups excluding carboxylic acids is 1. The lowest BCUT2D eigenvalue weighted by Gasteiger charge is -2.07. The van der Waals surface area contributed by atoms with Crippen LogP contribution in [0.2, 0.25) is 0 Å². The second kappa shape index (κ2) is 4.29. The first-order valence-corrected chi connectivity index (χ1v) is 5.08. The highest BCUT2D eigenvalue weighted by Crippen LogP contribution is 2.30. The van der Waals surface area contributed by atoms with Crippen LogP contribution in [0, 0.1) is 0 Å². The van der Waals surface area contributed by atoms with Gasteiger partial charge in [0.15, 0.2) is 6.29 Å². The van der Waals surface area contributed by atoms with Crippen LogP contribution in [0.5, 0.6) is 0 Å². The fourth-order valence-electron chi connectivity index (χ4n) is 1.65. The van der Waals surface area contributed by atoms with E-state index in [1.807, 2.05) is 0 Å². The molecule has 0 saturated carbocycles. The van der Waals surface area contributed by atoms with Crippen molar-refractivity contribution in [3.63, 3.8) is 0 Å². The maximum absolute atomic E-state index is 12.4. The number of hydrogen-bond donors (Lipinski definition) is 0. The maximum Gasteiger partial charge on any atom is 0.416 e. The molecule has 6 heteroatoms. The number of rotatable bonds is 2. The molecule has 0 aliphatic heterocycles. The molecule has 0 N–H and O–H groups in total. The molecular formula is C12H9F3N2O. The lowest BCUT2D eigenvalue weighted by Crippen LogP contribution is -2.04. The van der Waals surface area contributed by atoms with Crippen molar-refractivity contribution < 1.29 is 18.0 Å². The normalized spacial score (nSPS) is 11.6. The zero-order chi connectivity index (χ0) is 13.3. The van der Waals surface area contributed by atoms with Gasteiger partial charge in [0.2, 0.25) is 0 Å². The van der Waals surface area contributed by atoms with Gasteiger partial charge in [0.1, 0.15) is 5.69 Å². The monoisotopic (exact) mass is 254 g/mol. The van der Waals surface area contributed by atoms with Crippen LogP contribution in [0.15, 0.2) is 30.3 Å². The van der Waals surface area contributed by atoms with Gasteiger partial charge in [0.05, 0.1) is 11.3 Å². The molecule has 94 valence electrons. The van der Waals surface area contributed by atoms with E-state index in [4.69, 9.17) is 0 Å². The molecule has 0 unspecified atom stereocenters. The Kier molecular flexibility index (Phi) is 2.94. The minimum absolute atomic E-state index is 0.243. The number of benzene rings is 1. The second-order valence-electron chi connectivity index (χ2n) is 3.77. The molecule has 0 amide bonds. The van der Waals surface area contributed by atoms with Crippen molar-refractivity contribution >= 4 is 6.29 Å². The van der Waals surface area contributed by atoms with Crippen LogP contribution in [0.3, 0.4) is 0 Å².